The summed E-state index contributed by atoms with van der Waals surface area (Å²) in [6.07, 6.45) is 9.12. The van der Waals surface area contributed by atoms with Crippen molar-refractivity contribution < 1.29 is 4.57 Å². The zero-order chi connectivity index (χ0) is 18.4. The minimum Gasteiger partial charge on any atom is -0.200 e. The molecule has 136 valence electrons. The number of hydrogen-bond donors (Lipinski definition) is 0. The van der Waals surface area contributed by atoms with Crippen molar-refractivity contribution in [1.82, 2.24) is 0 Å². The molecule has 0 N–H and O–H groups in total. The van der Waals surface area contributed by atoms with Crippen LogP contribution >= 0.6 is 11.3 Å². The summed E-state index contributed by atoms with van der Waals surface area (Å²) in [5.41, 5.74) is 5.52. The predicted molar refractivity (Wildman–Crippen MR) is 116 cm³/mol. The topological polar surface area (TPSA) is 3.88 Å². The Kier molecular flexibility index (Phi) is 4.24. The van der Waals surface area contributed by atoms with Gasteiger partial charge in [0.15, 0.2) is 6.20 Å². The second kappa shape index (κ2) is 6.76. The lowest BCUT2D eigenvalue weighted by Gasteiger charge is -2.12. The van der Waals surface area contributed by atoms with E-state index in [9.17, 15) is 0 Å². The molecule has 0 saturated heterocycles. The van der Waals surface area contributed by atoms with E-state index in [0.717, 1.165) is 5.92 Å². The number of pyridine rings is 1. The van der Waals surface area contributed by atoms with Crippen LogP contribution in [0.5, 0.6) is 0 Å². The Morgan fingerprint density at radius 3 is 2.70 bits per heavy atom. The molecule has 1 aliphatic carbocycles. The highest BCUT2D eigenvalue weighted by Crippen LogP contribution is 2.34. The zero-order valence-electron chi connectivity index (χ0n) is 16.2. The smallest absolute Gasteiger partial charge is 0.200 e. The SMILES string of the molecule is Cc1cc2ccsc2cc1-c1c2ccc(CC3CCCC3)cc2cc[n+]1C. The summed E-state index contributed by atoms with van der Waals surface area (Å²) in [6, 6.07) is 16.3. The summed E-state index contributed by atoms with van der Waals surface area (Å²) in [5.74, 6) is 0.894. The third-order valence-corrected chi connectivity index (χ3v) is 7.13. The Bertz CT molecular complexity index is 1130. The third kappa shape index (κ3) is 3.06. The molecule has 0 unspecified atom stereocenters. The van der Waals surface area contributed by atoms with Crippen LogP contribution in [0, 0.1) is 12.8 Å². The van der Waals surface area contributed by atoms with Gasteiger partial charge in [-0.1, -0.05) is 37.8 Å². The highest BCUT2D eigenvalue weighted by molar-refractivity contribution is 7.17. The van der Waals surface area contributed by atoms with Gasteiger partial charge in [0, 0.05) is 10.8 Å². The molecule has 0 bridgehead atoms. The van der Waals surface area contributed by atoms with Crippen molar-refractivity contribution >= 4 is 32.2 Å². The molecule has 2 heterocycles. The maximum atomic E-state index is 2.43. The highest BCUT2D eigenvalue weighted by Gasteiger charge is 2.19. The van der Waals surface area contributed by atoms with Crippen LogP contribution in [-0.2, 0) is 13.5 Å². The van der Waals surface area contributed by atoms with Crippen molar-refractivity contribution in [2.75, 3.05) is 0 Å². The van der Waals surface area contributed by atoms with E-state index in [1.165, 1.54) is 75.3 Å². The molecular formula is C25H26NS+. The molecule has 0 aliphatic heterocycles. The van der Waals surface area contributed by atoms with Crippen LogP contribution in [0.25, 0.3) is 32.1 Å². The Balaban J connectivity index is 1.64. The van der Waals surface area contributed by atoms with Crippen molar-refractivity contribution in [2.45, 2.75) is 39.0 Å². The van der Waals surface area contributed by atoms with E-state index in [1.807, 2.05) is 11.3 Å². The van der Waals surface area contributed by atoms with E-state index in [1.54, 1.807) is 0 Å². The lowest BCUT2D eigenvalue weighted by molar-refractivity contribution is -0.659. The normalized spacial score (nSPS) is 15.2. The van der Waals surface area contributed by atoms with E-state index in [-0.39, 0.29) is 0 Å². The lowest BCUT2D eigenvalue weighted by Crippen LogP contribution is -2.30. The number of thiophene rings is 1. The molecule has 2 aromatic carbocycles. The lowest BCUT2D eigenvalue weighted by atomic mass is 9.94. The average molecular weight is 373 g/mol. The Labute approximate surface area is 165 Å². The molecule has 1 fully saturated rings. The largest absolute Gasteiger partial charge is 0.220 e. The average Bonchev–Trinajstić information content (AvgIpc) is 3.33. The van der Waals surface area contributed by atoms with E-state index in [4.69, 9.17) is 0 Å². The fourth-order valence-electron chi connectivity index (χ4n) is 4.81. The van der Waals surface area contributed by atoms with Gasteiger partial charge in [0.2, 0.25) is 5.69 Å². The van der Waals surface area contributed by atoms with Gasteiger partial charge in [-0.05, 0) is 70.8 Å². The molecule has 0 amide bonds. The number of aryl methyl sites for hydroxylation is 2. The van der Waals surface area contributed by atoms with E-state index in [2.05, 4.69) is 72.6 Å². The van der Waals surface area contributed by atoms with Gasteiger partial charge in [-0.3, -0.25) is 0 Å². The van der Waals surface area contributed by atoms with Crippen molar-refractivity contribution in [1.29, 1.82) is 0 Å². The summed E-state index contributed by atoms with van der Waals surface area (Å²) >= 11 is 1.83. The molecule has 1 aliphatic rings. The van der Waals surface area contributed by atoms with Crippen LogP contribution in [-0.4, -0.2) is 0 Å². The quantitative estimate of drug-likeness (QED) is 0.357. The van der Waals surface area contributed by atoms with Crippen molar-refractivity contribution in [3.63, 3.8) is 0 Å². The summed E-state index contributed by atoms with van der Waals surface area (Å²) < 4.78 is 3.64. The first-order chi connectivity index (χ1) is 13.2. The number of rotatable bonds is 3. The monoisotopic (exact) mass is 372 g/mol. The van der Waals surface area contributed by atoms with Crippen molar-refractivity contribution in [3.05, 3.63) is 65.2 Å². The Hall–Kier alpha value is -2.19. The molecule has 0 radical (unpaired) electrons. The number of benzene rings is 2. The number of nitrogens with zero attached hydrogens (tertiary/aromatic N) is 1. The predicted octanol–water partition coefficient (Wildman–Crippen LogP) is 6.59. The van der Waals surface area contributed by atoms with Crippen LogP contribution in [0.2, 0.25) is 0 Å². The molecular weight excluding hydrogens is 346 g/mol. The Morgan fingerprint density at radius 2 is 1.85 bits per heavy atom. The molecule has 2 aromatic heterocycles. The molecule has 0 spiro atoms. The number of fused-ring (bicyclic) bond motifs is 2. The second-order valence-corrected chi connectivity index (χ2v) is 9.12. The van der Waals surface area contributed by atoms with Gasteiger partial charge in [-0.25, -0.2) is 4.57 Å². The van der Waals surface area contributed by atoms with Crippen LogP contribution in [0.15, 0.2) is 54.0 Å². The van der Waals surface area contributed by atoms with Crippen molar-refractivity contribution in [2.24, 2.45) is 13.0 Å². The fourth-order valence-corrected chi connectivity index (χ4v) is 5.62. The van der Waals surface area contributed by atoms with Crippen LogP contribution in [0.4, 0.5) is 0 Å². The van der Waals surface area contributed by atoms with Crippen LogP contribution < -0.4 is 4.57 Å². The number of aromatic nitrogens is 1. The van der Waals surface area contributed by atoms with Gasteiger partial charge in [0.1, 0.15) is 7.05 Å². The standard InChI is InChI=1S/C25H26NS/c1-17-13-21-10-12-27-24(21)16-23(17)25-22-8-7-19(14-18-5-3-4-6-18)15-20(22)9-11-26(25)2/h7-13,15-16,18H,3-6,14H2,1-2H3/q+1. The molecule has 4 aromatic rings. The van der Waals surface area contributed by atoms with Crippen LogP contribution in [0.1, 0.15) is 36.8 Å². The maximum Gasteiger partial charge on any atom is 0.220 e. The Morgan fingerprint density at radius 1 is 1.00 bits per heavy atom. The zero-order valence-corrected chi connectivity index (χ0v) is 17.0. The van der Waals surface area contributed by atoms with E-state index in [0.29, 0.717) is 0 Å². The van der Waals surface area contributed by atoms with E-state index >= 15 is 0 Å². The first-order valence-electron chi connectivity index (χ1n) is 10.1. The molecule has 1 nitrogen and oxygen atoms in total. The van der Waals surface area contributed by atoms with Gasteiger partial charge >= 0.3 is 0 Å². The van der Waals surface area contributed by atoms with Gasteiger partial charge in [-0.2, -0.15) is 0 Å². The second-order valence-electron chi connectivity index (χ2n) is 8.18. The van der Waals surface area contributed by atoms with Crippen molar-refractivity contribution in [3.8, 4) is 11.3 Å². The summed E-state index contributed by atoms with van der Waals surface area (Å²) in [6.45, 7) is 2.24. The number of hydrogen-bond acceptors (Lipinski definition) is 1. The van der Waals surface area contributed by atoms with Gasteiger partial charge in [0.05, 0.1) is 10.9 Å². The molecule has 1 saturated carbocycles. The summed E-state index contributed by atoms with van der Waals surface area (Å²) in [5, 5.41) is 6.26. The van der Waals surface area contributed by atoms with Gasteiger partial charge in [-0.15, -0.1) is 11.3 Å². The highest BCUT2D eigenvalue weighted by atomic mass is 32.1. The molecule has 5 rings (SSSR count). The first kappa shape index (κ1) is 16.9. The third-order valence-electron chi connectivity index (χ3n) is 6.26. The maximum absolute atomic E-state index is 2.43. The molecule has 2 heteroatoms. The van der Waals surface area contributed by atoms with Gasteiger partial charge < -0.3 is 0 Å². The molecule has 27 heavy (non-hydrogen) atoms. The molecule has 0 atom stereocenters. The fraction of sp³-hybridized carbons (Fsp3) is 0.320. The summed E-state index contributed by atoms with van der Waals surface area (Å²) in [7, 11) is 2.17. The van der Waals surface area contributed by atoms with E-state index < -0.39 is 0 Å². The summed E-state index contributed by atoms with van der Waals surface area (Å²) in [4.78, 5) is 0. The van der Waals surface area contributed by atoms with Gasteiger partial charge in [0.25, 0.3) is 0 Å². The first-order valence-corrected chi connectivity index (χ1v) is 11.0. The van der Waals surface area contributed by atoms with Crippen LogP contribution in [0.3, 0.4) is 0 Å². The minimum atomic E-state index is 0.894. The minimum absolute atomic E-state index is 0.894.